The van der Waals surface area contributed by atoms with Gasteiger partial charge in [0.25, 0.3) is 11.8 Å². The van der Waals surface area contributed by atoms with Gasteiger partial charge in [0.1, 0.15) is 23.6 Å². The molecule has 220 valence electrons. The van der Waals surface area contributed by atoms with Gasteiger partial charge >= 0.3 is 6.03 Å². The smallest absolute Gasteiger partial charge is 0.332 e. The topological polar surface area (TPSA) is 104 Å². The first-order valence-corrected chi connectivity index (χ1v) is 14.4. The highest BCUT2D eigenvalue weighted by molar-refractivity contribution is 6.24. The molecule has 4 aromatic carbocycles. The van der Waals surface area contributed by atoms with Crippen LogP contribution >= 0.6 is 0 Å². The van der Waals surface area contributed by atoms with E-state index in [9.17, 15) is 14.4 Å². The zero-order chi connectivity index (χ0) is 30.4. The molecule has 3 heterocycles. The van der Waals surface area contributed by atoms with E-state index in [0.29, 0.717) is 17.9 Å². The third-order valence-corrected chi connectivity index (χ3v) is 8.50. The molecule has 9 heteroatoms. The minimum absolute atomic E-state index is 0.217. The van der Waals surface area contributed by atoms with Crippen LogP contribution < -0.4 is 19.7 Å². The van der Waals surface area contributed by atoms with Gasteiger partial charge in [0, 0.05) is 35.1 Å². The molecular formula is C35H30N4O5. The number of hydrogen-bond acceptors (Lipinski definition) is 5. The van der Waals surface area contributed by atoms with Crippen LogP contribution in [0.1, 0.15) is 38.8 Å². The van der Waals surface area contributed by atoms with Gasteiger partial charge in [-0.05, 0) is 47.5 Å². The van der Waals surface area contributed by atoms with E-state index >= 15 is 0 Å². The number of imide groups is 1. The molecule has 7 rings (SSSR count). The van der Waals surface area contributed by atoms with Gasteiger partial charge < -0.3 is 19.8 Å². The zero-order valence-electron chi connectivity index (χ0n) is 24.2. The van der Waals surface area contributed by atoms with Crippen molar-refractivity contribution in [3.63, 3.8) is 0 Å². The largest absolute Gasteiger partial charge is 0.497 e. The third-order valence-electron chi connectivity index (χ3n) is 8.50. The van der Waals surface area contributed by atoms with E-state index in [-0.39, 0.29) is 23.7 Å². The number of H-pyrrole nitrogens is 1. The Morgan fingerprint density at radius 3 is 2.41 bits per heavy atom. The number of anilines is 1. The monoisotopic (exact) mass is 586 g/mol. The van der Waals surface area contributed by atoms with Gasteiger partial charge in [-0.15, -0.1) is 0 Å². The number of urea groups is 1. The van der Waals surface area contributed by atoms with Crippen molar-refractivity contribution < 1.29 is 23.9 Å². The molecule has 0 bridgehead atoms. The second-order valence-electron chi connectivity index (χ2n) is 10.8. The number of ether oxygens (including phenoxy) is 2. The predicted octanol–water partition coefficient (Wildman–Crippen LogP) is 5.60. The van der Waals surface area contributed by atoms with E-state index in [1.54, 1.807) is 43.4 Å². The van der Waals surface area contributed by atoms with E-state index < -0.39 is 24.0 Å². The number of amides is 4. The molecule has 2 aliphatic rings. The molecule has 0 spiro atoms. The Balaban J connectivity index is 1.27. The van der Waals surface area contributed by atoms with Gasteiger partial charge in [-0.25, -0.2) is 9.69 Å². The number of nitrogens with one attached hydrogen (secondary N) is 2. The van der Waals surface area contributed by atoms with Crippen molar-refractivity contribution in [2.24, 2.45) is 0 Å². The predicted molar refractivity (Wildman–Crippen MR) is 166 cm³/mol. The molecule has 2 N–H and O–H groups in total. The number of methoxy groups -OCH3 is 2. The first-order chi connectivity index (χ1) is 21.5. The van der Waals surface area contributed by atoms with Crippen LogP contribution in [0, 0.1) is 0 Å². The summed E-state index contributed by atoms with van der Waals surface area (Å²) in [6.07, 6.45) is 0.356. The second kappa shape index (κ2) is 10.9. The summed E-state index contributed by atoms with van der Waals surface area (Å²) in [6, 6.07) is 27.9. The van der Waals surface area contributed by atoms with E-state index in [0.717, 1.165) is 38.2 Å². The Morgan fingerprint density at radius 1 is 0.886 bits per heavy atom. The van der Waals surface area contributed by atoms with E-state index in [1.807, 2.05) is 72.8 Å². The first-order valence-electron chi connectivity index (χ1n) is 14.4. The van der Waals surface area contributed by atoms with Crippen LogP contribution in [0.4, 0.5) is 10.5 Å². The molecule has 2 aliphatic heterocycles. The lowest BCUT2D eigenvalue weighted by Gasteiger charge is -2.36. The Labute approximate surface area is 254 Å². The van der Waals surface area contributed by atoms with Crippen LogP contribution in [-0.4, -0.2) is 48.0 Å². The number of rotatable bonds is 7. The van der Waals surface area contributed by atoms with Gasteiger partial charge in [0.05, 0.1) is 25.5 Å². The highest BCUT2D eigenvalue weighted by atomic mass is 16.5. The van der Waals surface area contributed by atoms with Gasteiger partial charge in [-0.2, -0.15) is 0 Å². The average Bonchev–Trinajstić information content (AvgIpc) is 3.56. The van der Waals surface area contributed by atoms with Crippen molar-refractivity contribution in [2.45, 2.75) is 25.0 Å². The van der Waals surface area contributed by atoms with Crippen LogP contribution in [0.2, 0.25) is 0 Å². The van der Waals surface area contributed by atoms with Crippen LogP contribution in [0.25, 0.3) is 10.9 Å². The van der Waals surface area contributed by atoms with E-state index in [2.05, 4.69) is 10.3 Å². The van der Waals surface area contributed by atoms with Crippen molar-refractivity contribution in [1.82, 2.24) is 15.2 Å². The number of aromatic nitrogens is 1. The van der Waals surface area contributed by atoms with Crippen LogP contribution in [-0.2, 0) is 17.8 Å². The molecule has 0 saturated carbocycles. The quantitative estimate of drug-likeness (QED) is 0.242. The minimum atomic E-state index is -0.744. The number of nitrogens with zero attached hydrogens (tertiary/aromatic N) is 2. The fourth-order valence-corrected chi connectivity index (χ4v) is 6.41. The molecule has 5 aromatic rings. The number of para-hydroxylation sites is 3. The summed E-state index contributed by atoms with van der Waals surface area (Å²) in [5, 5.41) is 3.95. The fourth-order valence-electron chi connectivity index (χ4n) is 6.41. The second-order valence-corrected chi connectivity index (χ2v) is 10.8. The fraction of sp³-hybridized carbons (Fsp3) is 0.171. The van der Waals surface area contributed by atoms with Crippen molar-refractivity contribution >= 4 is 34.4 Å². The lowest BCUT2D eigenvalue weighted by molar-refractivity contribution is -0.120. The molecule has 44 heavy (non-hydrogen) atoms. The highest BCUT2D eigenvalue weighted by Gasteiger charge is 2.53. The SMILES string of the molecule is COc1ccc(C2c3[nH]c4ccccc4c3C[C@H]3C(=O)N(c4ccccc4C(=O)NCc4ccccc4OC)C(=O)N23)cc1. The molecule has 0 aliphatic carbocycles. The first kappa shape index (κ1) is 27.3. The number of carbonyl (C=O) groups excluding carboxylic acids is 3. The molecule has 2 atom stereocenters. The van der Waals surface area contributed by atoms with Gasteiger partial charge in [-0.1, -0.05) is 60.7 Å². The van der Waals surface area contributed by atoms with Crippen LogP contribution in [0.3, 0.4) is 0 Å². The van der Waals surface area contributed by atoms with Crippen molar-refractivity contribution in [2.75, 3.05) is 19.1 Å². The molecule has 0 radical (unpaired) electrons. The maximum absolute atomic E-state index is 14.4. The summed E-state index contributed by atoms with van der Waals surface area (Å²) in [7, 11) is 3.18. The molecule has 1 fully saturated rings. The number of carbonyl (C=O) groups is 3. The molecular weight excluding hydrogens is 556 g/mol. The van der Waals surface area contributed by atoms with Crippen LogP contribution in [0.5, 0.6) is 11.5 Å². The Morgan fingerprint density at radius 2 is 1.61 bits per heavy atom. The number of benzene rings is 4. The Hall–Kier alpha value is -5.57. The molecule has 1 saturated heterocycles. The van der Waals surface area contributed by atoms with E-state index in [4.69, 9.17) is 9.47 Å². The van der Waals surface area contributed by atoms with Gasteiger partial charge in [-0.3, -0.25) is 14.5 Å². The molecule has 9 nitrogen and oxygen atoms in total. The summed E-state index contributed by atoms with van der Waals surface area (Å²) in [4.78, 5) is 48.4. The standard InChI is InChI=1S/C35H30N4O5/c1-43-23-17-15-21(16-18-23)32-31-26(24-10-4-6-12-27(24)37-31)19-29-34(41)39(35(42)38(29)32)28-13-7-5-11-25(28)33(40)36-20-22-9-3-8-14-30(22)44-2/h3-18,29,32,37H,19-20H2,1-2H3,(H,36,40)/t29-,32?/m0/s1. The summed E-state index contributed by atoms with van der Waals surface area (Å²) >= 11 is 0. The summed E-state index contributed by atoms with van der Waals surface area (Å²) in [5.41, 5.74) is 4.96. The minimum Gasteiger partial charge on any atom is -0.497 e. The molecule has 1 unspecified atom stereocenters. The van der Waals surface area contributed by atoms with Crippen molar-refractivity contribution in [3.05, 3.63) is 125 Å². The maximum atomic E-state index is 14.4. The lowest BCUT2D eigenvalue weighted by atomic mass is 9.89. The number of fused-ring (bicyclic) bond motifs is 4. The summed E-state index contributed by atoms with van der Waals surface area (Å²) in [6.45, 7) is 0.217. The van der Waals surface area contributed by atoms with Gasteiger partial charge in [0.2, 0.25) is 0 Å². The molecule has 1 aromatic heterocycles. The Bertz CT molecular complexity index is 1910. The maximum Gasteiger partial charge on any atom is 0.332 e. The number of aromatic amines is 1. The van der Waals surface area contributed by atoms with Crippen molar-refractivity contribution in [1.29, 1.82) is 0 Å². The summed E-state index contributed by atoms with van der Waals surface area (Å²) in [5.74, 6) is 0.578. The normalized spacial score (nSPS) is 17.4. The average molecular weight is 587 g/mol. The molecule has 4 amide bonds. The van der Waals surface area contributed by atoms with Crippen molar-refractivity contribution in [3.8, 4) is 11.5 Å². The number of hydrogen-bond donors (Lipinski definition) is 2. The Kier molecular flexibility index (Phi) is 6.77. The van der Waals surface area contributed by atoms with Gasteiger partial charge in [0.15, 0.2) is 0 Å². The third kappa shape index (κ3) is 4.36. The zero-order valence-corrected chi connectivity index (χ0v) is 24.2. The van der Waals surface area contributed by atoms with Crippen LogP contribution in [0.15, 0.2) is 97.1 Å². The highest BCUT2D eigenvalue weighted by Crippen LogP contribution is 2.45. The summed E-state index contributed by atoms with van der Waals surface area (Å²) < 4.78 is 10.8. The van der Waals surface area contributed by atoms with E-state index in [1.165, 1.54) is 0 Å². The lowest BCUT2D eigenvalue weighted by Crippen LogP contribution is -2.44.